The molecule has 8 nitrogen and oxygen atoms in total. The number of amides is 1. The first-order valence-electron chi connectivity index (χ1n) is 11.8. The highest BCUT2D eigenvalue weighted by Gasteiger charge is 2.10. The fraction of sp³-hybridized carbons (Fsp3) is 0.214. The maximum atomic E-state index is 12.5. The van der Waals surface area contributed by atoms with Crippen molar-refractivity contribution in [2.75, 3.05) is 13.7 Å². The lowest BCUT2D eigenvalue weighted by molar-refractivity contribution is -0.121. The molecule has 4 rings (SSSR count). The van der Waals surface area contributed by atoms with E-state index in [0.717, 1.165) is 16.9 Å². The summed E-state index contributed by atoms with van der Waals surface area (Å²) in [6.07, 6.45) is 0.982. The lowest BCUT2D eigenvalue weighted by Crippen LogP contribution is -2.27. The Morgan fingerprint density at radius 2 is 1.81 bits per heavy atom. The van der Waals surface area contributed by atoms with Gasteiger partial charge >= 0.3 is 0 Å². The van der Waals surface area contributed by atoms with E-state index in [4.69, 9.17) is 21.1 Å². The van der Waals surface area contributed by atoms with Gasteiger partial charge < -0.3 is 19.8 Å². The summed E-state index contributed by atoms with van der Waals surface area (Å²) >= 11 is 6.00. The molecule has 1 amide bonds. The molecule has 0 fully saturated rings. The lowest BCUT2D eigenvalue weighted by atomic mass is 10.1. The zero-order valence-electron chi connectivity index (χ0n) is 20.4. The zero-order valence-corrected chi connectivity index (χ0v) is 21.1. The van der Waals surface area contributed by atoms with Crippen LogP contribution in [0.2, 0.25) is 5.02 Å². The summed E-state index contributed by atoms with van der Waals surface area (Å²) in [4.78, 5) is 27.5. The Bertz CT molecular complexity index is 1410. The molecule has 0 spiro atoms. The largest absolute Gasteiger partial charge is 0.496 e. The number of halogens is 1. The van der Waals surface area contributed by atoms with Crippen molar-refractivity contribution >= 4 is 17.5 Å². The summed E-state index contributed by atoms with van der Waals surface area (Å²) in [5.41, 5.74) is 2.52. The van der Waals surface area contributed by atoms with E-state index in [0.29, 0.717) is 41.7 Å². The molecule has 1 heterocycles. The van der Waals surface area contributed by atoms with Crippen LogP contribution in [0.4, 0.5) is 0 Å². The van der Waals surface area contributed by atoms with Crippen LogP contribution in [-0.4, -0.2) is 34.7 Å². The Labute approximate surface area is 219 Å². The SMILES string of the molecule is COc1ccccc1CCNC(=O)CCc1nnc(-c2ccc(OCc3cccc(Cl)c3)cc2)[nH]c1=O. The highest BCUT2D eigenvalue weighted by atomic mass is 35.5. The van der Waals surface area contributed by atoms with Gasteiger partial charge in [-0.3, -0.25) is 9.59 Å². The van der Waals surface area contributed by atoms with Crippen LogP contribution >= 0.6 is 11.6 Å². The van der Waals surface area contributed by atoms with E-state index in [-0.39, 0.29) is 30.0 Å². The van der Waals surface area contributed by atoms with Crippen LogP contribution < -0.4 is 20.3 Å². The molecule has 37 heavy (non-hydrogen) atoms. The number of hydrogen-bond acceptors (Lipinski definition) is 6. The van der Waals surface area contributed by atoms with Crippen LogP contribution in [0.3, 0.4) is 0 Å². The van der Waals surface area contributed by atoms with E-state index < -0.39 is 0 Å². The molecule has 0 radical (unpaired) electrons. The van der Waals surface area contributed by atoms with Crippen LogP contribution in [0.25, 0.3) is 11.4 Å². The molecule has 0 saturated heterocycles. The lowest BCUT2D eigenvalue weighted by Gasteiger charge is -2.09. The molecule has 0 aliphatic rings. The van der Waals surface area contributed by atoms with E-state index in [2.05, 4.69) is 20.5 Å². The van der Waals surface area contributed by atoms with E-state index in [1.165, 1.54) is 0 Å². The first-order valence-corrected chi connectivity index (χ1v) is 12.2. The van der Waals surface area contributed by atoms with Gasteiger partial charge in [-0.25, -0.2) is 0 Å². The van der Waals surface area contributed by atoms with Crippen molar-refractivity contribution < 1.29 is 14.3 Å². The maximum absolute atomic E-state index is 12.5. The molecule has 3 aromatic carbocycles. The number of para-hydroxylation sites is 1. The van der Waals surface area contributed by atoms with E-state index in [9.17, 15) is 9.59 Å². The standard InChI is InChI=1S/C28H27ClN4O4/c1-36-25-8-3-2-6-20(25)15-16-30-26(34)14-13-24-28(35)31-27(33-32-24)21-9-11-23(12-10-21)37-18-19-5-4-7-22(29)17-19/h2-12,17H,13-16,18H2,1H3,(H,30,34)(H,31,33,35). The number of nitrogens with zero attached hydrogens (tertiary/aromatic N) is 2. The zero-order chi connectivity index (χ0) is 26.0. The minimum atomic E-state index is -0.367. The number of ether oxygens (including phenoxy) is 2. The predicted octanol–water partition coefficient (Wildman–Crippen LogP) is 4.36. The predicted molar refractivity (Wildman–Crippen MR) is 142 cm³/mol. The van der Waals surface area contributed by atoms with E-state index in [1.54, 1.807) is 31.4 Å². The Hall–Kier alpha value is -4.17. The van der Waals surface area contributed by atoms with Crippen molar-refractivity contribution in [1.82, 2.24) is 20.5 Å². The van der Waals surface area contributed by atoms with E-state index >= 15 is 0 Å². The molecular weight excluding hydrogens is 492 g/mol. The fourth-order valence-electron chi connectivity index (χ4n) is 3.72. The highest BCUT2D eigenvalue weighted by molar-refractivity contribution is 6.30. The highest BCUT2D eigenvalue weighted by Crippen LogP contribution is 2.20. The third-order valence-corrected chi connectivity index (χ3v) is 5.92. The minimum Gasteiger partial charge on any atom is -0.496 e. The van der Waals surface area contributed by atoms with Crippen molar-refractivity contribution in [3.8, 4) is 22.9 Å². The van der Waals surface area contributed by atoms with Crippen molar-refractivity contribution in [3.63, 3.8) is 0 Å². The van der Waals surface area contributed by atoms with Gasteiger partial charge in [0.25, 0.3) is 5.56 Å². The molecule has 4 aromatic rings. The first-order chi connectivity index (χ1) is 18.0. The van der Waals surface area contributed by atoms with E-state index in [1.807, 2.05) is 48.5 Å². The molecule has 0 aliphatic carbocycles. The number of methoxy groups -OCH3 is 1. The van der Waals surface area contributed by atoms with Gasteiger partial charge in [-0.2, -0.15) is 0 Å². The Kier molecular flexibility index (Phi) is 8.89. The number of benzene rings is 3. The van der Waals surface area contributed by atoms with Crippen LogP contribution in [0, 0.1) is 0 Å². The molecule has 9 heteroatoms. The molecule has 2 N–H and O–H groups in total. The molecule has 1 aromatic heterocycles. The molecule has 0 saturated carbocycles. The summed E-state index contributed by atoms with van der Waals surface area (Å²) < 4.78 is 11.1. The molecule has 0 aliphatic heterocycles. The van der Waals surface area contributed by atoms with Crippen LogP contribution in [0.5, 0.6) is 11.5 Å². The number of aromatic amines is 1. The summed E-state index contributed by atoms with van der Waals surface area (Å²) in [6.45, 7) is 0.859. The van der Waals surface area contributed by atoms with Gasteiger partial charge in [0.05, 0.1) is 7.11 Å². The topological polar surface area (TPSA) is 106 Å². The van der Waals surface area contributed by atoms with Gasteiger partial charge in [0.15, 0.2) is 5.82 Å². The summed E-state index contributed by atoms with van der Waals surface area (Å²) in [5, 5.41) is 11.7. The van der Waals surface area contributed by atoms with Crippen LogP contribution in [-0.2, 0) is 24.2 Å². The second-order valence-corrected chi connectivity index (χ2v) is 8.74. The molecular formula is C28H27ClN4O4. The molecule has 0 unspecified atom stereocenters. The average Bonchev–Trinajstić information content (AvgIpc) is 2.92. The monoisotopic (exact) mass is 518 g/mol. The van der Waals surface area contributed by atoms with Gasteiger partial charge in [-0.15, -0.1) is 10.2 Å². The number of carbonyl (C=O) groups excluding carboxylic acids is 1. The Morgan fingerprint density at radius 3 is 2.57 bits per heavy atom. The number of hydrogen-bond donors (Lipinski definition) is 2. The fourth-order valence-corrected chi connectivity index (χ4v) is 3.94. The van der Waals surface area contributed by atoms with Gasteiger partial charge in [0.2, 0.25) is 5.91 Å². The number of H-pyrrole nitrogens is 1. The average molecular weight is 519 g/mol. The number of aryl methyl sites for hydroxylation is 1. The third kappa shape index (κ3) is 7.41. The third-order valence-electron chi connectivity index (χ3n) is 5.68. The Balaban J connectivity index is 1.26. The summed E-state index contributed by atoms with van der Waals surface area (Å²) in [5.74, 6) is 1.65. The van der Waals surface area contributed by atoms with Crippen LogP contribution in [0.15, 0.2) is 77.6 Å². The van der Waals surface area contributed by atoms with Crippen molar-refractivity contribution in [3.05, 3.63) is 105 Å². The smallest absolute Gasteiger partial charge is 0.273 e. The van der Waals surface area contributed by atoms with Gasteiger partial charge in [0, 0.05) is 30.0 Å². The second kappa shape index (κ2) is 12.7. The number of aromatic nitrogens is 3. The first kappa shape index (κ1) is 25.9. The number of carbonyl (C=O) groups is 1. The van der Waals surface area contributed by atoms with Crippen LogP contribution in [0.1, 0.15) is 23.2 Å². The quantitative estimate of drug-likeness (QED) is 0.305. The van der Waals surface area contributed by atoms with Crippen molar-refractivity contribution in [2.24, 2.45) is 0 Å². The number of rotatable bonds is 11. The van der Waals surface area contributed by atoms with Gasteiger partial charge in [-0.05, 0) is 60.0 Å². The molecule has 190 valence electrons. The normalized spacial score (nSPS) is 10.6. The second-order valence-electron chi connectivity index (χ2n) is 8.30. The van der Waals surface area contributed by atoms with Gasteiger partial charge in [-0.1, -0.05) is 41.9 Å². The van der Waals surface area contributed by atoms with Crippen molar-refractivity contribution in [2.45, 2.75) is 25.9 Å². The molecule has 0 bridgehead atoms. The summed E-state index contributed by atoms with van der Waals surface area (Å²) in [7, 11) is 1.62. The molecule has 0 atom stereocenters. The van der Waals surface area contributed by atoms with Gasteiger partial charge in [0.1, 0.15) is 23.8 Å². The number of nitrogens with one attached hydrogen (secondary N) is 2. The summed E-state index contributed by atoms with van der Waals surface area (Å²) in [6, 6.07) is 22.3. The Morgan fingerprint density at radius 1 is 1.00 bits per heavy atom. The van der Waals surface area contributed by atoms with Crippen molar-refractivity contribution in [1.29, 1.82) is 0 Å². The minimum absolute atomic E-state index is 0.141. The maximum Gasteiger partial charge on any atom is 0.273 e.